The molecule has 1 amide bonds. The molecule has 2 aromatic rings. The molecule has 0 saturated heterocycles. The maximum absolute atomic E-state index is 12.1. The first-order chi connectivity index (χ1) is 9.95. The number of benzene rings is 1. The van der Waals surface area contributed by atoms with Crippen molar-refractivity contribution in [1.82, 2.24) is 4.98 Å². The van der Waals surface area contributed by atoms with Crippen LogP contribution in [-0.4, -0.2) is 17.4 Å². The Morgan fingerprint density at radius 2 is 1.76 bits per heavy atom. The molecule has 1 aromatic heterocycles. The molecule has 21 heavy (non-hydrogen) atoms. The molecule has 110 valence electrons. The van der Waals surface area contributed by atoms with Crippen LogP contribution in [0.4, 0.5) is 11.5 Å². The molecule has 0 bridgehead atoms. The summed E-state index contributed by atoms with van der Waals surface area (Å²) in [5, 5.41) is 5.99. The van der Waals surface area contributed by atoms with E-state index in [9.17, 15) is 4.79 Å². The van der Waals surface area contributed by atoms with Crippen LogP contribution in [-0.2, 0) is 4.79 Å². The number of anilines is 2. The molecule has 2 N–H and O–H groups in total. The molecule has 1 heterocycles. The van der Waals surface area contributed by atoms with Crippen LogP contribution >= 0.6 is 0 Å². The van der Waals surface area contributed by atoms with Crippen LogP contribution in [0.5, 0.6) is 0 Å². The molecule has 4 heteroatoms. The van der Waals surface area contributed by atoms with E-state index >= 15 is 0 Å². The van der Waals surface area contributed by atoms with Crippen LogP contribution in [0, 0.1) is 27.7 Å². The highest BCUT2D eigenvalue weighted by molar-refractivity contribution is 5.95. The van der Waals surface area contributed by atoms with E-state index in [1.807, 2.05) is 39.0 Å². The Morgan fingerprint density at radius 3 is 2.38 bits per heavy atom. The predicted molar refractivity (Wildman–Crippen MR) is 86.7 cm³/mol. The lowest BCUT2D eigenvalue weighted by Crippen LogP contribution is -2.23. The van der Waals surface area contributed by atoms with Gasteiger partial charge in [0.2, 0.25) is 5.91 Å². The van der Waals surface area contributed by atoms with Gasteiger partial charge < -0.3 is 10.6 Å². The maximum Gasteiger partial charge on any atom is 0.243 e. The first kappa shape index (κ1) is 15.0. The number of amides is 1. The summed E-state index contributed by atoms with van der Waals surface area (Å²) in [6.07, 6.45) is 0. The lowest BCUT2D eigenvalue weighted by atomic mass is 10.1. The number of nitrogens with one attached hydrogen (secondary N) is 2. The van der Waals surface area contributed by atoms with Gasteiger partial charge in [-0.25, -0.2) is 4.98 Å². The van der Waals surface area contributed by atoms with Crippen molar-refractivity contribution in [3.05, 3.63) is 52.7 Å². The third-order valence-electron chi connectivity index (χ3n) is 3.26. The third-order valence-corrected chi connectivity index (χ3v) is 3.26. The Kier molecular flexibility index (Phi) is 4.58. The fourth-order valence-electron chi connectivity index (χ4n) is 2.37. The quantitative estimate of drug-likeness (QED) is 0.904. The Hall–Kier alpha value is -2.36. The van der Waals surface area contributed by atoms with E-state index in [4.69, 9.17) is 0 Å². The number of aryl methyl sites for hydroxylation is 4. The lowest BCUT2D eigenvalue weighted by Gasteiger charge is -2.13. The average Bonchev–Trinajstić information content (AvgIpc) is 2.40. The van der Waals surface area contributed by atoms with E-state index in [0.29, 0.717) is 5.82 Å². The molecule has 0 fully saturated rings. The van der Waals surface area contributed by atoms with Gasteiger partial charge in [-0.15, -0.1) is 0 Å². The molecular formula is C17H21N3O. The average molecular weight is 283 g/mol. The van der Waals surface area contributed by atoms with E-state index in [-0.39, 0.29) is 12.5 Å². The highest BCUT2D eigenvalue weighted by Crippen LogP contribution is 2.21. The summed E-state index contributed by atoms with van der Waals surface area (Å²) in [6, 6.07) is 9.82. The first-order valence-corrected chi connectivity index (χ1v) is 7.01. The van der Waals surface area contributed by atoms with Crippen LogP contribution in [0.3, 0.4) is 0 Å². The van der Waals surface area contributed by atoms with E-state index < -0.39 is 0 Å². The summed E-state index contributed by atoms with van der Waals surface area (Å²) in [5.41, 5.74) is 5.17. The van der Waals surface area contributed by atoms with Crippen molar-refractivity contribution in [3.63, 3.8) is 0 Å². The Bertz CT molecular complexity index is 642. The second-order valence-corrected chi connectivity index (χ2v) is 5.34. The van der Waals surface area contributed by atoms with E-state index in [2.05, 4.69) is 34.7 Å². The molecule has 0 aliphatic heterocycles. The molecule has 0 atom stereocenters. The van der Waals surface area contributed by atoms with Gasteiger partial charge in [-0.3, -0.25) is 4.79 Å². The number of hydrogen-bond donors (Lipinski definition) is 2. The maximum atomic E-state index is 12.1. The number of aromatic nitrogens is 1. The van der Waals surface area contributed by atoms with Gasteiger partial charge in [0.05, 0.1) is 6.54 Å². The van der Waals surface area contributed by atoms with E-state index in [1.165, 1.54) is 5.56 Å². The Labute approximate surface area is 125 Å². The zero-order chi connectivity index (χ0) is 15.4. The minimum atomic E-state index is -0.0756. The van der Waals surface area contributed by atoms with Crippen LogP contribution in [0.2, 0.25) is 0 Å². The van der Waals surface area contributed by atoms with Crippen molar-refractivity contribution in [1.29, 1.82) is 0 Å². The van der Waals surface area contributed by atoms with Crippen LogP contribution in [0.15, 0.2) is 30.3 Å². The van der Waals surface area contributed by atoms with Crippen molar-refractivity contribution in [2.45, 2.75) is 27.7 Å². The third kappa shape index (κ3) is 4.05. The molecule has 0 aliphatic carbocycles. The summed E-state index contributed by atoms with van der Waals surface area (Å²) in [5.74, 6) is 0.635. The number of carbonyl (C=O) groups is 1. The fraction of sp³-hybridized carbons (Fsp3) is 0.294. The van der Waals surface area contributed by atoms with Gasteiger partial charge in [0.1, 0.15) is 5.82 Å². The monoisotopic (exact) mass is 283 g/mol. The van der Waals surface area contributed by atoms with Gasteiger partial charge >= 0.3 is 0 Å². The minimum absolute atomic E-state index is 0.0756. The first-order valence-electron chi connectivity index (χ1n) is 7.01. The normalized spacial score (nSPS) is 10.3. The second-order valence-electron chi connectivity index (χ2n) is 5.34. The molecule has 0 aliphatic rings. The summed E-state index contributed by atoms with van der Waals surface area (Å²) >= 11 is 0. The zero-order valence-corrected chi connectivity index (χ0v) is 12.9. The standard InChI is InChI=1S/C17H21N3O/c1-11-8-12(2)17(13(3)9-11)20-16(21)10-18-15-7-5-6-14(4)19-15/h5-9H,10H2,1-4H3,(H,18,19)(H,20,21). The summed E-state index contributed by atoms with van der Waals surface area (Å²) in [4.78, 5) is 16.4. The van der Waals surface area contributed by atoms with E-state index in [0.717, 1.165) is 22.5 Å². The molecular weight excluding hydrogens is 262 g/mol. The smallest absolute Gasteiger partial charge is 0.243 e. The van der Waals surface area contributed by atoms with Gasteiger partial charge in [-0.05, 0) is 51.0 Å². The number of carbonyl (C=O) groups excluding carboxylic acids is 1. The molecule has 0 radical (unpaired) electrons. The van der Waals surface area contributed by atoms with Gasteiger partial charge in [0.25, 0.3) is 0 Å². The summed E-state index contributed by atoms with van der Waals surface area (Å²) in [7, 11) is 0. The highest BCUT2D eigenvalue weighted by Gasteiger charge is 2.08. The molecule has 1 aromatic carbocycles. The number of rotatable bonds is 4. The van der Waals surface area contributed by atoms with Crippen molar-refractivity contribution in [3.8, 4) is 0 Å². The molecule has 0 spiro atoms. The summed E-state index contributed by atoms with van der Waals surface area (Å²) < 4.78 is 0. The zero-order valence-electron chi connectivity index (χ0n) is 12.9. The van der Waals surface area contributed by atoms with Crippen molar-refractivity contribution < 1.29 is 4.79 Å². The Morgan fingerprint density at radius 1 is 1.10 bits per heavy atom. The number of hydrogen-bond acceptors (Lipinski definition) is 3. The van der Waals surface area contributed by atoms with Gasteiger partial charge in [0, 0.05) is 11.4 Å². The lowest BCUT2D eigenvalue weighted by molar-refractivity contribution is -0.114. The Balaban J connectivity index is 1.99. The van der Waals surface area contributed by atoms with Gasteiger partial charge in [-0.2, -0.15) is 0 Å². The minimum Gasteiger partial charge on any atom is -0.361 e. The van der Waals surface area contributed by atoms with Crippen LogP contribution < -0.4 is 10.6 Å². The largest absolute Gasteiger partial charge is 0.361 e. The topological polar surface area (TPSA) is 54.0 Å². The van der Waals surface area contributed by atoms with Crippen molar-refractivity contribution in [2.24, 2.45) is 0 Å². The van der Waals surface area contributed by atoms with E-state index in [1.54, 1.807) is 0 Å². The van der Waals surface area contributed by atoms with Crippen molar-refractivity contribution in [2.75, 3.05) is 17.2 Å². The SMILES string of the molecule is Cc1cc(C)c(NC(=O)CNc2cccc(C)n2)c(C)c1. The molecule has 0 unspecified atom stereocenters. The summed E-state index contributed by atoms with van der Waals surface area (Å²) in [6.45, 7) is 8.18. The predicted octanol–water partition coefficient (Wildman–Crippen LogP) is 3.37. The van der Waals surface area contributed by atoms with Gasteiger partial charge in [0.15, 0.2) is 0 Å². The fourth-order valence-corrected chi connectivity index (χ4v) is 2.37. The molecule has 4 nitrogen and oxygen atoms in total. The molecule has 2 rings (SSSR count). The van der Waals surface area contributed by atoms with Gasteiger partial charge in [-0.1, -0.05) is 23.8 Å². The molecule has 0 saturated carbocycles. The highest BCUT2D eigenvalue weighted by atomic mass is 16.1. The van der Waals surface area contributed by atoms with Crippen molar-refractivity contribution >= 4 is 17.4 Å². The number of nitrogens with zero attached hydrogens (tertiary/aromatic N) is 1. The number of pyridine rings is 1. The van der Waals surface area contributed by atoms with Crippen LogP contribution in [0.25, 0.3) is 0 Å². The second kappa shape index (κ2) is 6.39. The van der Waals surface area contributed by atoms with Crippen LogP contribution in [0.1, 0.15) is 22.4 Å².